The van der Waals surface area contributed by atoms with E-state index in [-0.39, 0.29) is 0 Å². The number of halogens is 1. The normalized spacial score (nSPS) is 10.6. The van der Waals surface area contributed by atoms with E-state index in [1.54, 1.807) is 12.1 Å². The highest BCUT2D eigenvalue weighted by Crippen LogP contribution is 2.25. The number of hydrogen-bond donors (Lipinski definition) is 1. The van der Waals surface area contributed by atoms with Crippen LogP contribution in [0.3, 0.4) is 0 Å². The molecule has 4 heteroatoms. The maximum Gasteiger partial charge on any atom is 0.339 e. The third-order valence-corrected chi connectivity index (χ3v) is 2.58. The SMILES string of the molecule is COC(=O)c1cc(CC(C)C)c(N)cc1Cl. The molecule has 1 aromatic rings. The van der Waals surface area contributed by atoms with E-state index >= 15 is 0 Å². The van der Waals surface area contributed by atoms with Gasteiger partial charge in [-0.25, -0.2) is 4.79 Å². The van der Waals surface area contributed by atoms with Crippen molar-refractivity contribution in [3.63, 3.8) is 0 Å². The first-order valence-corrected chi connectivity index (χ1v) is 5.49. The maximum absolute atomic E-state index is 11.4. The molecule has 0 saturated carbocycles. The van der Waals surface area contributed by atoms with Crippen LogP contribution in [-0.4, -0.2) is 13.1 Å². The fraction of sp³-hybridized carbons (Fsp3) is 0.417. The van der Waals surface area contributed by atoms with Gasteiger partial charge in [0.25, 0.3) is 0 Å². The van der Waals surface area contributed by atoms with Crippen molar-refractivity contribution in [2.75, 3.05) is 12.8 Å². The molecule has 0 spiro atoms. The van der Waals surface area contributed by atoms with E-state index in [1.165, 1.54) is 7.11 Å². The lowest BCUT2D eigenvalue weighted by atomic mass is 9.99. The number of nitrogens with two attached hydrogens (primary N) is 1. The number of carbonyl (C=O) groups excluding carboxylic acids is 1. The van der Waals surface area contributed by atoms with E-state index in [1.807, 2.05) is 0 Å². The molecule has 3 nitrogen and oxygen atoms in total. The van der Waals surface area contributed by atoms with Crippen LogP contribution in [0.15, 0.2) is 12.1 Å². The van der Waals surface area contributed by atoms with Gasteiger partial charge in [-0.05, 0) is 30.0 Å². The van der Waals surface area contributed by atoms with E-state index in [4.69, 9.17) is 17.3 Å². The smallest absolute Gasteiger partial charge is 0.339 e. The van der Waals surface area contributed by atoms with Gasteiger partial charge in [-0.3, -0.25) is 0 Å². The summed E-state index contributed by atoms with van der Waals surface area (Å²) in [6.45, 7) is 4.18. The molecule has 0 saturated heterocycles. The second-order valence-electron chi connectivity index (χ2n) is 4.12. The van der Waals surface area contributed by atoms with Crippen LogP contribution >= 0.6 is 11.6 Å². The van der Waals surface area contributed by atoms with E-state index in [0.29, 0.717) is 22.2 Å². The quantitative estimate of drug-likeness (QED) is 0.654. The fourth-order valence-corrected chi connectivity index (χ4v) is 1.77. The number of carbonyl (C=O) groups is 1. The molecule has 0 atom stereocenters. The topological polar surface area (TPSA) is 52.3 Å². The first kappa shape index (κ1) is 12.8. The Hall–Kier alpha value is -1.22. The number of benzene rings is 1. The predicted octanol–water partition coefficient (Wildman–Crippen LogP) is 2.91. The van der Waals surface area contributed by atoms with E-state index < -0.39 is 5.97 Å². The van der Waals surface area contributed by atoms with Gasteiger partial charge < -0.3 is 10.5 Å². The minimum Gasteiger partial charge on any atom is -0.465 e. The Morgan fingerprint density at radius 2 is 2.12 bits per heavy atom. The molecule has 16 heavy (non-hydrogen) atoms. The lowest BCUT2D eigenvalue weighted by Gasteiger charge is -2.11. The van der Waals surface area contributed by atoms with Crippen LogP contribution in [0.25, 0.3) is 0 Å². The van der Waals surface area contributed by atoms with Crippen LogP contribution < -0.4 is 5.73 Å². The van der Waals surface area contributed by atoms with Gasteiger partial charge >= 0.3 is 5.97 Å². The van der Waals surface area contributed by atoms with Gasteiger partial charge in [0.2, 0.25) is 0 Å². The van der Waals surface area contributed by atoms with Crippen molar-refractivity contribution < 1.29 is 9.53 Å². The molecule has 0 heterocycles. The van der Waals surface area contributed by atoms with E-state index in [2.05, 4.69) is 18.6 Å². The predicted molar refractivity (Wildman–Crippen MR) is 65.7 cm³/mol. The summed E-state index contributed by atoms with van der Waals surface area (Å²) in [7, 11) is 1.33. The van der Waals surface area contributed by atoms with Crippen molar-refractivity contribution in [1.82, 2.24) is 0 Å². The summed E-state index contributed by atoms with van der Waals surface area (Å²) in [5.41, 5.74) is 7.76. The Labute approximate surface area is 101 Å². The van der Waals surface area contributed by atoms with Crippen LogP contribution in [-0.2, 0) is 11.2 Å². The van der Waals surface area contributed by atoms with Crippen molar-refractivity contribution in [3.05, 3.63) is 28.3 Å². The number of anilines is 1. The van der Waals surface area contributed by atoms with Crippen LogP contribution in [0.1, 0.15) is 29.8 Å². The molecule has 0 aliphatic heterocycles. The van der Waals surface area contributed by atoms with E-state index in [9.17, 15) is 4.79 Å². The van der Waals surface area contributed by atoms with E-state index in [0.717, 1.165) is 12.0 Å². The number of ether oxygens (including phenoxy) is 1. The van der Waals surface area contributed by atoms with Gasteiger partial charge in [-0.15, -0.1) is 0 Å². The molecule has 1 aromatic carbocycles. The Morgan fingerprint density at radius 3 is 2.62 bits per heavy atom. The summed E-state index contributed by atoms with van der Waals surface area (Å²) in [6, 6.07) is 3.31. The molecule has 88 valence electrons. The maximum atomic E-state index is 11.4. The highest BCUT2D eigenvalue weighted by Gasteiger charge is 2.14. The van der Waals surface area contributed by atoms with Gasteiger partial charge in [0.15, 0.2) is 0 Å². The molecule has 0 amide bonds. The zero-order valence-corrected chi connectivity index (χ0v) is 10.5. The van der Waals surface area contributed by atoms with Crippen molar-refractivity contribution in [1.29, 1.82) is 0 Å². The first-order chi connectivity index (χ1) is 7.45. The number of nitrogen functional groups attached to an aromatic ring is 1. The van der Waals surface area contributed by atoms with Gasteiger partial charge in [0.05, 0.1) is 17.7 Å². The molecular weight excluding hydrogens is 226 g/mol. The van der Waals surface area contributed by atoms with Gasteiger partial charge in [0.1, 0.15) is 0 Å². The lowest BCUT2D eigenvalue weighted by molar-refractivity contribution is 0.0601. The highest BCUT2D eigenvalue weighted by molar-refractivity contribution is 6.33. The van der Waals surface area contributed by atoms with Gasteiger partial charge in [-0.1, -0.05) is 25.4 Å². The number of hydrogen-bond acceptors (Lipinski definition) is 3. The summed E-state index contributed by atoms with van der Waals surface area (Å²) in [5.74, 6) is 0.0315. The Balaban J connectivity index is 3.16. The van der Waals surface area contributed by atoms with Gasteiger partial charge in [0, 0.05) is 5.69 Å². The van der Waals surface area contributed by atoms with Crippen LogP contribution in [0.4, 0.5) is 5.69 Å². The van der Waals surface area contributed by atoms with Crippen molar-refractivity contribution in [3.8, 4) is 0 Å². The van der Waals surface area contributed by atoms with Gasteiger partial charge in [-0.2, -0.15) is 0 Å². The molecule has 0 radical (unpaired) electrons. The average Bonchev–Trinajstić information content (AvgIpc) is 2.20. The largest absolute Gasteiger partial charge is 0.465 e. The Kier molecular flexibility index (Phi) is 4.19. The average molecular weight is 242 g/mol. The minimum absolute atomic E-state index is 0.330. The molecular formula is C12H16ClNO2. The molecule has 0 fully saturated rings. The Morgan fingerprint density at radius 1 is 1.50 bits per heavy atom. The summed E-state index contributed by atoms with van der Waals surface area (Å²) in [6.07, 6.45) is 0.812. The molecule has 0 aliphatic rings. The Bertz CT molecular complexity index is 402. The lowest BCUT2D eigenvalue weighted by Crippen LogP contribution is -2.06. The van der Waals surface area contributed by atoms with Crippen LogP contribution in [0.5, 0.6) is 0 Å². The third kappa shape index (κ3) is 2.89. The minimum atomic E-state index is -0.435. The molecule has 0 unspecified atom stereocenters. The summed E-state index contributed by atoms with van der Waals surface area (Å²) in [5, 5.41) is 0.330. The molecule has 2 N–H and O–H groups in total. The first-order valence-electron chi connectivity index (χ1n) is 5.12. The van der Waals surface area contributed by atoms with Crippen LogP contribution in [0.2, 0.25) is 5.02 Å². The summed E-state index contributed by atoms with van der Waals surface area (Å²) in [4.78, 5) is 11.4. The zero-order chi connectivity index (χ0) is 12.3. The number of rotatable bonds is 3. The van der Waals surface area contributed by atoms with Crippen LogP contribution in [0, 0.1) is 5.92 Å². The third-order valence-electron chi connectivity index (χ3n) is 2.26. The molecule has 0 aliphatic carbocycles. The van der Waals surface area contributed by atoms with Crippen molar-refractivity contribution >= 4 is 23.3 Å². The van der Waals surface area contributed by atoms with Crippen molar-refractivity contribution in [2.24, 2.45) is 5.92 Å². The second kappa shape index (κ2) is 5.21. The molecule has 1 rings (SSSR count). The standard InChI is InChI=1S/C12H16ClNO2/c1-7(2)4-8-5-9(12(15)16-3)10(13)6-11(8)14/h5-7H,4,14H2,1-3H3. The highest BCUT2D eigenvalue weighted by atomic mass is 35.5. The summed E-state index contributed by atoms with van der Waals surface area (Å²) >= 11 is 5.93. The number of esters is 1. The fourth-order valence-electron chi connectivity index (χ4n) is 1.52. The van der Waals surface area contributed by atoms with Crippen molar-refractivity contribution in [2.45, 2.75) is 20.3 Å². The number of methoxy groups -OCH3 is 1. The summed E-state index contributed by atoms with van der Waals surface area (Å²) < 4.78 is 4.65. The zero-order valence-electron chi connectivity index (χ0n) is 9.71. The molecule has 0 bridgehead atoms. The molecule has 0 aromatic heterocycles. The monoisotopic (exact) mass is 241 g/mol. The second-order valence-corrected chi connectivity index (χ2v) is 4.53.